The summed E-state index contributed by atoms with van der Waals surface area (Å²) >= 11 is 0. The Morgan fingerprint density at radius 3 is 2.52 bits per heavy atom. The van der Waals surface area contributed by atoms with Crippen LogP contribution in [-0.2, 0) is 17.8 Å². The zero-order valence-corrected chi connectivity index (χ0v) is 13.0. The first kappa shape index (κ1) is 15.0. The van der Waals surface area contributed by atoms with Gasteiger partial charge in [-0.05, 0) is 35.4 Å². The zero-order chi connectivity index (χ0) is 16.2. The van der Waals surface area contributed by atoms with E-state index in [1.54, 1.807) is 26.6 Å². The molecular formula is C17H17N3O3. The fourth-order valence-electron chi connectivity index (χ4n) is 2.62. The first-order valence-electron chi connectivity index (χ1n) is 7.18. The normalized spacial score (nSPS) is 13.1. The van der Waals surface area contributed by atoms with E-state index in [9.17, 15) is 4.79 Å². The molecule has 1 amide bonds. The lowest BCUT2D eigenvalue weighted by atomic mass is 9.96. The van der Waals surface area contributed by atoms with Crippen molar-refractivity contribution in [2.75, 3.05) is 14.2 Å². The Morgan fingerprint density at radius 1 is 1.17 bits per heavy atom. The largest absolute Gasteiger partial charge is 0.493 e. The summed E-state index contributed by atoms with van der Waals surface area (Å²) in [5, 5.41) is 5.83. The molecule has 2 heterocycles. The van der Waals surface area contributed by atoms with Gasteiger partial charge >= 0.3 is 0 Å². The van der Waals surface area contributed by atoms with Crippen molar-refractivity contribution < 1.29 is 14.3 Å². The van der Waals surface area contributed by atoms with Gasteiger partial charge in [0.2, 0.25) is 6.41 Å². The van der Waals surface area contributed by atoms with Crippen molar-refractivity contribution >= 4 is 12.1 Å². The summed E-state index contributed by atoms with van der Waals surface area (Å²) in [4.78, 5) is 15.2. The number of benzene rings is 1. The number of hydrogen-bond acceptors (Lipinski definition) is 5. The molecule has 2 aromatic rings. The molecule has 0 spiro atoms. The Kier molecular flexibility index (Phi) is 4.23. The van der Waals surface area contributed by atoms with Gasteiger partial charge in [-0.1, -0.05) is 0 Å². The second-order valence-electron chi connectivity index (χ2n) is 5.15. The molecule has 1 aromatic heterocycles. The van der Waals surface area contributed by atoms with Crippen molar-refractivity contribution in [3.8, 4) is 11.5 Å². The topological polar surface area (TPSA) is 64.0 Å². The van der Waals surface area contributed by atoms with Crippen molar-refractivity contribution in [1.82, 2.24) is 9.99 Å². The number of pyridine rings is 1. The van der Waals surface area contributed by atoms with Crippen LogP contribution in [-0.4, -0.2) is 36.3 Å². The molecule has 6 heteroatoms. The summed E-state index contributed by atoms with van der Waals surface area (Å²) in [6, 6.07) is 7.67. The predicted octanol–water partition coefficient (Wildman–Crippen LogP) is 2.02. The average molecular weight is 311 g/mol. The number of nitrogens with zero attached hydrogens (tertiary/aromatic N) is 3. The number of carbonyl (C=O) groups is 1. The van der Waals surface area contributed by atoms with E-state index in [1.807, 2.05) is 24.3 Å². The van der Waals surface area contributed by atoms with Gasteiger partial charge in [-0.25, -0.2) is 5.01 Å². The standard InChI is InChI=1S/C17H17N3O3/c1-22-16-8-13-10-20(11-21)19-15(14(13)9-17(16)23-2)7-12-3-5-18-6-4-12/h3-6,8-9,11H,7,10H2,1-2H3. The lowest BCUT2D eigenvalue weighted by Gasteiger charge is -2.24. The van der Waals surface area contributed by atoms with Crippen molar-refractivity contribution in [2.45, 2.75) is 13.0 Å². The van der Waals surface area contributed by atoms with Gasteiger partial charge in [-0.3, -0.25) is 9.78 Å². The molecule has 0 N–H and O–H groups in total. The van der Waals surface area contributed by atoms with Crippen molar-refractivity contribution in [3.63, 3.8) is 0 Å². The Hall–Kier alpha value is -2.89. The highest BCUT2D eigenvalue weighted by Crippen LogP contribution is 2.33. The van der Waals surface area contributed by atoms with Crippen LogP contribution in [0.5, 0.6) is 11.5 Å². The summed E-state index contributed by atoms with van der Waals surface area (Å²) < 4.78 is 10.7. The molecule has 1 aromatic carbocycles. The van der Waals surface area contributed by atoms with Gasteiger partial charge in [-0.15, -0.1) is 0 Å². The first-order valence-corrected chi connectivity index (χ1v) is 7.18. The second kappa shape index (κ2) is 6.48. The Labute approximate surface area is 134 Å². The maximum Gasteiger partial charge on any atom is 0.230 e. The molecule has 0 aliphatic carbocycles. The molecule has 1 aliphatic rings. The SMILES string of the molecule is COc1cc2c(cc1OC)C(Cc1ccncc1)=NN(C=O)C2. The van der Waals surface area contributed by atoms with Gasteiger partial charge in [0.1, 0.15) is 0 Å². The first-order chi connectivity index (χ1) is 11.2. The van der Waals surface area contributed by atoms with E-state index in [4.69, 9.17) is 9.47 Å². The summed E-state index contributed by atoms with van der Waals surface area (Å²) in [6.07, 6.45) is 4.82. The monoisotopic (exact) mass is 311 g/mol. The molecule has 118 valence electrons. The van der Waals surface area contributed by atoms with E-state index in [2.05, 4.69) is 10.1 Å². The Morgan fingerprint density at radius 2 is 1.87 bits per heavy atom. The second-order valence-corrected chi connectivity index (χ2v) is 5.15. The molecule has 0 radical (unpaired) electrons. The molecule has 0 bridgehead atoms. The van der Waals surface area contributed by atoms with Crippen molar-refractivity contribution in [3.05, 3.63) is 53.3 Å². The highest BCUT2D eigenvalue weighted by molar-refractivity contribution is 6.04. The van der Waals surface area contributed by atoms with E-state index in [0.29, 0.717) is 24.5 Å². The van der Waals surface area contributed by atoms with Crippen LogP contribution in [0.25, 0.3) is 0 Å². The van der Waals surface area contributed by atoms with Gasteiger partial charge < -0.3 is 9.47 Å². The number of ether oxygens (including phenoxy) is 2. The molecule has 1 aliphatic heterocycles. The minimum Gasteiger partial charge on any atom is -0.493 e. The van der Waals surface area contributed by atoms with E-state index in [-0.39, 0.29) is 0 Å². The van der Waals surface area contributed by atoms with Crippen LogP contribution in [0.3, 0.4) is 0 Å². The molecule has 0 saturated heterocycles. The smallest absolute Gasteiger partial charge is 0.230 e. The van der Waals surface area contributed by atoms with E-state index in [0.717, 1.165) is 28.8 Å². The quantitative estimate of drug-likeness (QED) is 0.793. The zero-order valence-electron chi connectivity index (χ0n) is 13.0. The Balaban J connectivity index is 2.05. The van der Waals surface area contributed by atoms with Crippen LogP contribution in [0.4, 0.5) is 0 Å². The van der Waals surface area contributed by atoms with E-state index in [1.165, 1.54) is 5.01 Å². The molecule has 0 unspecified atom stereocenters. The third-order valence-electron chi connectivity index (χ3n) is 3.74. The van der Waals surface area contributed by atoms with Crippen LogP contribution >= 0.6 is 0 Å². The van der Waals surface area contributed by atoms with Crippen molar-refractivity contribution in [1.29, 1.82) is 0 Å². The van der Waals surface area contributed by atoms with Crippen LogP contribution in [0, 0.1) is 0 Å². The van der Waals surface area contributed by atoms with Crippen LogP contribution < -0.4 is 9.47 Å². The molecule has 0 saturated carbocycles. The lowest BCUT2D eigenvalue weighted by Crippen LogP contribution is -2.26. The molecule has 0 fully saturated rings. The maximum atomic E-state index is 11.2. The summed E-state index contributed by atoms with van der Waals surface area (Å²) in [5.74, 6) is 1.29. The maximum absolute atomic E-state index is 11.2. The minimum absolute atomic E-state index is 0.416. The van der Waals surface area contributed by atoms with Gasteiger partial charge in [0, 0.05) is 24.4 Å². The third kappa shape index (κ3) is 3.01. The highest BCUT2D eigenvalue weighted by atomic mass is 16.5. The number of fused-ring (bicyclic) bond motifs is 1. The number of carbonyl (C=O) groups excluding carboxylic acids is 1. The lowest BCUT2D eigenvalue weighted by molar-refractivity contribution is -0.118. The van der Waals surface area contributed by atoms with E-state index >= 15 is 0 Å². The van der Waals surface area contributed by atoms with Crippen LogP contribution in [0.15, 0.2) is 41.8 Å². The number of hydrogen-bond donors (Lipinski definition) is 0. The average Bonchev–Trinajstić information content (AvgIpc) is 2.61. The van der Waals surface area contributed by atoms with E-state index < -0.39 is 0 Å². The number of methoxy groups -OCH3 is 2. The fraction of sp³-hybridized carbons (Fsp3) is 0.235. The van der Waals surface area contributed by atoms with Crippen molar-refractivity contribution in [2.24, 2.45) is 5.10 Å². The fourth-order valence-corrected chi connectivity index (χ4v) is 2.62. The van der Waals surface area contributed by atoms with Gasteiger partial charge in [0.15, 0.2) is 11.5 Å². The van der Waals surface area contributed by atoms with Crippen LogP contribution in [0.2, 0.25) is 0 Å². The predicted molar refractivity (Wildman–Crippen MR) is 85.6 cm³/mol. The minimum atomic E-state index is 0.416. The molecule has 23 heavy (non-hydrogen) atoms. The third-order valence-corrected chi connectivity index (χ3v) is 3.74. The Bertz CT molecular complexity index is 744. The molecule has 3 rings (SSSR count). The van der Waals surface area contributed by atoms with Gasteiger partial charge in [0.05, 0.1) is 26.5 Å². The molecule has 6 nitrogen and oxygen atoms in total. The molecule has 0 atom stereocenters. The molecular weight excluding hydrogens is 294 g/mol. The number of amides is 1. The number of aromatic nitrogens is 1. The summed E-state index contributed by atoms with van der Waals surface area (Å²) in [5.41, 5.74) is 3.84. The number of rotatable bonds is 5. The van der Waals surface area contributed by atoms with Crippen LogP contribution in [0.1, 0.15) is 16.7 Å². The summed E-state index contributed by atoms with van der Waals surface area (Å²) in [6.45, 7) is 0.416. The highest BCUT2D eigenvalue weighted by Gasteiger charge is 2.22. The van der Waals surface area contributed by atoms with Gasteiger partial charge in [-0.2, -0.15) is 5.10 Å². The van der Waals surface area contributed by atoms with Gasteiger partial charge in [0.25, 0.3) is 0 Å². The summed E-state index contributed by atoms with van der Waals surface area (Å²) in [7, 11) is 3.20. The number of hydrazone groups is 1.